The molecule has 0 bridgehead atoms. The van der Waals surface area contributed by atoms with Crippen molar-refractivity contribution in [3.05, 3.63) is 35.4 Å². The van der Waals surface area contributed by atoms with Crippen LogP contribution in [0.1, 0.15) is 36.8 Å². The summed E-state index contributed by atoms with van der Waals surface area (Å²) in [5.41, 5.74) is -3.65. The molecule has 1 fully saturated rings. The summed E-state index contributed by atoms with van der Waals surface area (Å²) < 4.78 is 78.5. The highest BCUT2D eigenvalue weighted by molar-refractivity contribution is 5.76. The number of hydrogen-bond donors (Lipinski definition) is 0. The number of rotatable bonds is 4. The normalized spacial score (nSPS) is 18.0. The Hall–Kier alpha value is -1.73. The maximum absolute atomic E-state index is 15.1. The summed E-state index contributed by atoms with van der Waals surface area (Å²) in [7, 11) is 0. The average molecular weight is 353 g/mol. The highest BCUT2D eigenvalue weighted by Gasteiger charge is 2.44. The molecular weight excluding hydrogens is 336 g/mol. The van der Waals surface area contributed by atoms with Crippen molar-refractivity contribution in [1.29, 1.82) is 0 Å². The van der Waals surface area contributed by atoms with Gasteiger partial charge in [-0.2, -0.15) is 13.2 Å². The van der Waals surface area contributed by atoms with Gasteiger partial charge < -0.3 is 4.90 Å². The monoisotopic (exact) mass is 353 g/mol. The lowest BCUT2D eigenvalue weighted by Gasteiger charge is -2.37. The van der Waals surface area contributed by atoms with E-state index < -0.39 is 41.7 Å². The molecule has 8 heteroatoms. The van der Waals surface area contributed by atoms with Crippen LogP contribution < -0.4 is 0 Å². The quantitative estimate of drug-likeness (QED) is 0.728. The molecule has 0 radical (unpaired) electrons. The lowest BCUT2D eigenvalue weighted by atomic mass is 9.83. The minimum atomic E-state index is -4.67. The fraction of sp³-hybridized carbons (Fsp3) is 0.562. The fourth-order valence-corrected chi connectivity index (χ4v) is 2.89. The number of nitrogens with zero attached hydrogens (tertiary/aromatic N) is 1. The molecule has 1 aliphatic rings. The average Bonchev–Trinajstić information content (AvgIpc) is 2.52. The Balaban J connectivity index is 2.09. The number of carbonyl (C=O) groups excluding carboxylic acids is 1. The van der Waals surface area contributed by atoms with Gasteiger partial charge in [0.25, 0.3) is 0 Å². The van der Waals surface area contributed by atoms with Gasteiger partial charge in [0, 0.05) is 44.3 Å². The van der Waals surface area contributed by atoms with Crippen LogP contribution in [0.4, 0.5) is 26.3 Å². The van der Waals surface area contributed by atoms with E-state index in [2.05, 4.69) is 0 Å². The van der Waals surface area contributed by atoms with Crippen LogP contribution in [0.3, 0.4) is 0 Å². The molecule has 0 unspecified atom stereocenters. The Morgan fingerprint density at radius 1 is 1.17 bits per heavy atom. The van der Waals surface area contributed by atoms with E-state index in [9.17, 15) is 26.7 Å². The molecule has 1 heterocycles. The number of likely N-dealkylation sites (tertiary alicyclic amines) is 1. The van der Waals surface area contributed by atoms with Gasteiger partial charge in [-0.05, 0) is 6.07 Å². The van der Waals surface area contributed by atoms with Crippen molar-refractivity contribution in [3.63, 3.8) is 0 Å². The second-order valence-electron chi connectivity index (χ2n) is 5.82. The van der Waals surface area contributed by atoms with Gasteiger partial charge >= 0.3 is 6.18 Å². The van der Waals surface area contributed by atoms with E-state index >= 15 is 4.39 Å². The van der Waals surface area contributed by atoms with E-state index in [-0.39, 0.29) is 32.4 Å². The van der Waals surface area contributed by atoms with Gasteiger partial charge in [-0.3, -0.25) is 4.79 Å². The molecule has 2 rings (SSSR count). The smallest absolute Gasteiger partial charge is 0.342 e. The Bertz CT molecular complexity index is 578. The Morgan fingerprint density at radius 3 is 2.29 bits per heavy atom. The van der Waals surface area contributed by atoms with E-state index in [0.29, 0.717) is 0 Å². The molecular formula is C16H17F6NO. The molecule has 0 aromatic heterocycles. The zero-order valence-corrected chi connectivity index (χ0v) is 12.8. The molecule has 0 saturated carbocycles. The summed E-state index contributed by atoms with van der Waals surface area (Å²) in [6.45, 7) is -0.185. The first-order valence-electron chi connectivity index (χ1n) is 7.55. The van der Waals surface area contributed by atoms with Gasteiger partial charge in [0.05, 0.1) is 5.56 Å². The Labute approximate surface area is 135 Å². The lowest BCUT2D eigenvalue weighted by molar-refractivity contribution is -0.141. The van der Waals surface area contributed by atoms with Gasteiger partial charge in [-0.15, -0.1) is 0 Å². The molecule has 0 N–H and O–H groups in total. The predicted molar refractivity (Wildman–Crippen MR) is 75.3 cm³/mol. The van der Waals surface area contributed by atoms with Crippen LogP contribution in [0.25, 0.3) is 0 Å². The molecule has 0 atom stereocenters. The SMILES string of the molecule is O=C(CCC(F)F)N1CCC(F)(c2ccccc2C(F)(F)F)CC1. The molecule has 0 spiro atoms. The van der Waals surface area contributed by atoms with E-state index in [1.165, 1.54) is 17.0 Å². The van der Waals surface area contributed by atoms with Crippen LogP contribution >= 0.6 is 0 Å². The molecule has 1 aliphatic heterocycles. The summed E-state index contributed by atoms with van der Waals surface area (Å²) in [6.07, 6.45) is -8.78. The molecule has 134 valence electrons. The van der Waals surface area contributed by atoms with E-state index in [1.807, 2.05) is 0 Å². The maximum Gasteiger partial charge on any atom is 0.416 e. The van der Waals surface area contributed by atoms with Gasteiger partial charge in [0.1, 0.15) is 5.67 Å². The van der Waals surface area contributed by atoms with Crippen molar-refractivity contribution in [2.45, 2.75) is 44.0 Å². The number of halogens is 6. The van der Waals surface area contributed by atoms with Crippen LogP contribution in [0.5, 0.6) is 0 Å². The van der Waals surface area contributed by atoms with Gasteiger partial charge in [-0.1, -0.05) is 18.2 Å². The highest BCUT2D eigenvalue weighted by Crippen LogP contribution is 2.43. The summed E-state index contributed by atoms with van der Waals surface area (Å²) >= 11 is 0. The minimum absolute atomic E-state index is 0.0925. The van der Waals surface area contributed by atoms with Crippen LogP contribution in [0.2, 0.25) is 0 Å². The van der Waals surface area contributed by atoms with Crippen LogP contribution in [-0.4, -0.2) is 30.3 Å². The number of carbonyl (C=O) groups is 1. The first kappa shape index (κ1) is 18.6. The Kier molecular flexibility index (Phi) is 5.45. The first-order chi connectivity index (χ1) is 11.1. The second kappa shape index (κ2) is 7.03. The molecule has 0 aliphatic carbocycles. The molecule has 2 nitrogen and oxygen atoms in total. The van der Waals surface area contributed by atoms with Gasteiger partial charge in [-0.25, -0.2) is 13.2 Å². The zero-order chi connectivity index (χ0) is 18.0. The highest BCUT2D eigenvalue weighted by atomic mass is 19.4. The van der Waals surface area contributed by atoms with Crippen molar-refractivity contribution in [3.8, 4) is 0 Å². The number of benzene rings is 1. The first-order valence-corrected chi connectivity index (χ1v) is 7.55. The van der Waals surface area contributed by atoms with Crippen LogP contribution in [0, 0.1) is 0 Å². The van der Waals surface area contributed by atoms with Crippen molar-refractivity contribution >= 4 is 5.91 Å². The Morgan fingerprint density at radius 2 is 1.75 bits per heavy atom. The van der Waals surface area contributed by atoms with Crippen LogP contribution in [-0.2, 0) is 16.6 Å². The summed E-state index contributed by atoms with van der Waals surface area (Å²) in [6, 6.07) is 4.47. The second-order valence-corrected chi connectivity index (χ2v) is 5.82. The third kappa shape index (κ3) is 4.21. The number of amides is 1. The third-order valence-electron chi connectivity index (χ3n) is 4.20. The van der Waals surface area contributed by atoms with Crippen molar-refractivity contribution < 1.29 is 31.1 Å². The maximum atomic E-state index is 15.1. The zero-order valence-electron chi connectivity index (χ0n) is 12.8. The van der Waals surface area contributed by atoms with E-state index in [4.69, 9.17) is 0 Å². The molecule has 1 amide bonds. The number of alkyl halides is 6. The van der Waals surface area contributed by atoms with Crippen molar-refractivity contribution in [2.75, 3.05) is 13.1 Å². The topological polar surface area (TPSA) is 20.3 Å². The lowest BCUT2D eigenvalue weighted by Crippen LogP contribution is -2.44. The molecule has 24 heavy (non-hydrogen) atoms. The summed E-state index contributed by atoms with van der Waals surface area (Å²) in [5, 5.41) is 0. The number of piperidine rings is 1. The van der Waals surface area contributed by atoms with E-state index in [1.54, 1.807) is 0 Å². The summed E-state index contributed by atoms with van der Waals surface area (Å²) in [4.78, 5) is 13.0. The summed E-state index contributed by atoms with van der Waals surface area (Å²) in [5.74, 6) is -0.526. The van der Waals surface area contributed by atoms with Gasteiger partial charge in [0.2, 0.25) is 12.3 Å². The van der Waals surface area contributed by atoms with E-state index in [0.717, 1.165) is 12.1 Å². The number of hydrogen-bond acceptors (Lipinski definition) is 1. The van der Waals surface area contributed by atoms with Crippen LogP contribution in [0.15, 0.2) is 24.3 Å². The molecule has 1 aromatic carbocycles. The standard InChI is InChI=1S/C16H17F6NO/c17-13(18)5-6-14(24)23-9-7-15(19,8-10-23)11-3-1-2-4-12(11)16(20,21)22/h1-4,13H,5-10H2. The van der Waals surface area contributed by atoms with Crippen molar-refractivity contribution in [1.82, 2.24) is 4.90 Å². The third-order valence-corrected chi connectivity index (χ3v) is 4.20. The predicted octanol–water partition coefficient (Wildman–Crippen LogP) is 4.54. The largest absolute Gasteiger partial charge is 0.416 e. The molecule has 1 aromatic rings. The fourth-order valence-electron chi connectivity index (χ4n) is 2.89. The van der Waals surface area contributed by atoms with Gasteiger partial charge in [0.15, 0.2) is 0 Å². The minimum Gasteiger partial charge on any atom is -0.342 e. The van der Waals surface area contributed by atoms with Crippen molar-refractivity contribution in [2.24, 2.45) is 0 Å². The molecule has 1 saturated heterocycles.